The van der Waals surface area contributed by atoms with Crippen molar-refractivity contribution < 1.29 is 9.32 Å². The molecule has 160 valence electrons. The third kappa shape index (κ3) is 4.50. The smallest absolute Gasteiger partial charge is 0.241 e. The maximum atomic E-state index is 12.9. The van der Waals surface area contributed by atoms with Gasteiger partial charge in [-0.3, -0.25) is 9.69 Å². The quantitative estimate of drug-likeness (QED) is 0.601. The summed E-state index contributed by atoms with van der Waals surface area (Å²) in [6.07, 6.45) is 2.79. The fraction of sp³-hybridized carbons (Fsp3) is 0.375. The number of hydrogen-bond acceptors (Lipinski definition) is 5. The van der Waals surface area contributed by atoms with Crippen molar-refractivity contribution in [1.82, 2.24) is 19.9 Å². The summed E-state index contributed by atoms with van der Waals surface area (Å²) < 4.78 is 5.43. The minimum Gasteiger partial charge on any atom is -0.340 e. The zero-order valence-corrected chi connectivity index (χ0v) is 18.1. The van der Waals surface area contributed by atoms with E-state index in [9.17, 15) is 4.79 Å². The van der Waals surface area contributed by atoms with E-state index in [-0.39, 0.29) is 5.91 Å². The second-order valence-corrected chi connectivity index (χ2v) is 8.75. The van der Waals surface area contributed by atoms with Crippen LogP contribution >= 0.6 is 11.6 Å². The zero-order valence-electron chi connectivity index (χ0n) is 17.3. The average molecular weight is 437 g/mol. The maximum absolute atomic E-state index is 12.9. The van der Waals surface area contributed by atoms with Crippen LogP contribution in [0, 0.1) is 0 Å². The third-order valence-corrected chi connectivity index (χ3v) is 6.58. The van der Waals surface area contributed by atoms with E-state index in [0.29, 0.717) is 35.6 Å². The molecule has 0 radical (unpaired) electrons. The summed E-state index contributed by atoms with van der Waals surface area (Å²) in [4.78, 5) is 21.6. The molecule has 1 unspecified atom stereocenters. The summed E-state index contributed by atoms with van der Waals surface area (Å²) >= 11 is 5.94. The summed E-state index contributed by atoms with van der Waals surface area (Å²) in [5, 5.41) is 4.76. The predicted octanol–water partition coefficient (Wildman–Crippen LogP) is 4.15. The number of benzene rings is 2. The number of halogens is 1. The van der Waals surface area contributed by atoms with Gasteiger partial charge in [0.2, 0.25) is 17.6 Å². The molecule has 7 heteroatoms. The van der Waals surface area contributed by atoms with Crippen molar-refractivity contribution in [3.05, 3.63) is 70.6 Å². The molecular formula is C24H25ClN4O2. The van der Waals surface area contributed by atoms with Gasteiger partial charge in [0.25, 0.3) is 0 Å². The van der Waals surface area contributed by atoms with Gasteiger partial charge in [0, 0.05) is 43.2 Å². The van der Waals surface area contributed by atoms with E-state index in [2.05, 4.69) is 39.3 Å². The van der Waals surface area contributed by atoms with Crippen LogP contribution in [-0.4, -0.2) is 52.0 Å². The summed E-state index contributed by atoms with van der Waals surface area (Å²) in [7, 11) is 0. The van der Waals surface area contributed by atoms with Gasteiger partial charge in [-0.25, -0.2) is 0 Å². The highest BCUT2D eigenvalue weighted by molar-refractivity contribution is 6.30. The highest BCUT2D eigenvalue weighted by Gasteiger charge is 2.28. The Morgan fingerprint density at radius 2 is 1.84 bits per heavy atom. The molecule has 2 heterocycles. The number of amides is 1. The second-order valence-electron chi connectivity index (χ2n) is 8.31. The van der Waals surface area contributed by atoms with Crippen molar-refractivity contribution >= 4 is 17.5 Å². The molecule has 1 saturated heterocycles. The minimum absolute atomic E-state index is 0.268. The number of aryl methyl sites for hydroxylation is 1. The Morgan fingerprint density at radius 1 is 1.06 bits per heavy atom. The number of hydrogen-bond donors (Lipinski definition) is 0. The first-order chi connectivity index (χ1) is 15.2. The van der Waals surface area contributed by atoms with Crippen LogP contribution in [0.5, 0.6) is 0 Å². The van der Waals surface area contributed by atoms with Crippen LogP contribution in [0.2, 0.25) is 5.02 Å². The number of carbonyl (C=O) groups excluding carboxylic acids is 1. The molecule has 1 aromatic heterocycles. The van der Waals surface area contributed by atoms with Crippen molar-refractivity contribution in [3.8, 4) is 11.4 Å². The van der Waals surface area contributed by atoms with Gasteiger partial charge in [0.05, 0.1) is 6.54 Å². The normalized spacial score (nSPS) is 18.9. The molecule has 1 amide bonds. The number of fused-ring (bicyclic) bond motifs is 1. The van der Waals surface area contributed by atoms with Crippen LogP contribution in [0.1, 0.15) is 35.8 Å². The number of aromatic nitrogens is 2. The van der Waals surface area contributed by atoms with Gasteiger partial charge in [-0.1, -0.05) is 41.0 Å². The Morgan fingerprint density at radius 3 is 2.65 bits per heavy atom. The molecule has 1 aliphatic heterocycles. The van der Waals surface area contributed by atoms with E-state index < -0.39 is 0 Å². The molecule has 0 N–H and O–H groups in total. The van der Waals surface area contributed by atoms with Gasteiger partial charge in [-0.2, -0.15) is 4.98 Å². The van der Waals surface area contributed by atoms with Gasteiger partial charge in [0.15, 0.2) is 0 Å². The summed E-state index contributed by atoms with van der Waals surface area (Å²) in [6, 6.07) is 15.9. The molecule has 2 aromatic carbocycles. The lowest BCUT2D eigenvalue weighted by Crippen LogP contribution is -2.48. The fourth-order valence-electron chi connectivity index (χ4n) is 4.58. The van der Waals surface area contributed by atoms with Crippen molar-refractivity contribution in [3.63, 3.8) is 0 Å². The largest absolute Gasteiger partial charge is 0.340 e. The van der Waals surface area contributed by atoms with Crippen molar-refractivity contribution in [2.45, 2.75) is 31.7 Å². The van der Waals surface area contributed by atoms with E-state index >= 15 is 0 Å². The molecular weight excluding hydrogens is 412 g/mol. The van der Waals surface area contributed by atoms with Gasteiger partial charge in [-0.15, -0.1) is 0 Å². The molecule has 5 rings (SSSR count). The van der Waals surface area contributed by atoms with Crippen LogP contribution < -0.4 is 0 Å². The van der Waals surface area contributed by atoms with Crippen LogP contribution in [0.4, 0.5) is 0 Å². The Labute approximate surface area is 186 Å². The SMILES string of the molecule is O=C(CC1CCc2ccccc21)N1CCN(Cc2nc(-c3ccc(Cl)cc3)no2)CC1. The first-order valence-electron chi connectivity index (χ1n) is 10.8. The monoisotopic (exact) mass is 436 g/mol. The molecule has 1 atom stereocenters. The average Bonchev–Trinajstić information content (AvgIpc) is 3.42. The van der Waals surface area contributed by atoms with E-state index in [1.807, 2.05) is 29.2 Å². The van der Waals surface area contributed by atoms with Crippen molar-refractivity contribution in [2.24, 2.45) is 0 Å². The molecule has 3 aromatic rings. The summed E-state index contributed by atoms with van der Waals surface area (Å²) in [5.74, 6) is 1.79. The first-order valence-corrected chi connectivity index (χ1v) is 11.2. The van der Waals surface area contributed by atoms with Crippen LogP contribution in [0.25, 0.3) is 11.4 Å². The number of piperazine rings is 1. The van der Waals surface area contributed by atoms with Crippen LogP contribution in [0.15, 0.2) is 53.1 Å². The number of rotatable bonds is 5. The van der Waals surface area contributed by atoms with Gasteiger partial charge >= 0.3 is 0 Å². The fourth-order valence-corrected chi connectivity index (χ4v) is 4.71. The lowest BCUT2D eigenvalue weighted by molar-refractivity contribution is -0.133. The predicted molar refractivity (Wildman–Crippen MR) is 119 cm³/mol. The maximum Gasteiger partial charge on any atom is 0.241 e. The minimum atomic E-state index is 0.268. The third-order valence-electron chi connectivity index (χ3n) is 6.33. The molecule has 0 spiro atoms. The van der Waals surface area contributed by atoms with Gasteiger partial charge in [0.1, 0.15) is 0 Å². The Bertz CT molecular complexity index is 1060. The molecule has 2 aliphatic rings. The van der Waals surface area contributed by atoms with Crippen molar-refractivity contribution in [1.29, 1.82) is 0 Å². The topological polar surface area (TPSA) is 62.5 Å². The molecule has 1 fully saturated rings. The van der Waals surface area contributed by atoms with E-state index in [0.717, 1.165) is 44.6 Å². The molecule has 0 saturated carbocycles. The van der Waals surface area contributed by atoms with Crippen LogP contribution in [0.3, 0.4) is 0 Å². The Kier molecular flexibility index (Phi) is 5.74. The second kappa shape index (κ2) is 8.81. The highest BCUT2D eigenvalue weighted by atomic mass is 35.5. The summed E-state index contributed by atoms with van der Waals surface area (Å²) in [5.41, 5.74) is 3.65. The Hall–Kier alpha value is -2.70. The van der Waals surface area contributed by atoms with E-state index in [1.165, 1.54) is 11.1 Å². The van der Waals surface area contributed by atoms with Gasteiger partial charge in [-0.05, 0) is 54.2 Å². The molecule has 0 bridgehead atoms. The van der Waals surface area contributed by atoms with Crippen molar-refractivity contribution in [2.75, 3.05) is 26.2 Å². The first kappa shape index (κ1) is 20.2. The standard InChI is InChI=1S/C24H25ClN4O2/c25-20-9-7-18(8-10-20)24-26-22(31-27-24)16-28-11-13-29(14-12-28)23(30)15-19-6-5-17-3-1-2-4-21(17)19/h1-4,7-10,19H,5-6,11-16H2. The van der Waals surface area contributed by atoms with E-state index in [4.69, 9.17) is 16.1 Å². The molecule has 6 nitrogen and oxygen atoms in total. The highest BCUT2D eigenvalue weighted by Crippen LogP contribution is 2.35. The Balaban J connectivity index is 1.12. The zero-order chi connectivity index (χ0) is 21.2. The number of nitrogens with zero attached hydrogens (tertiary/aromatic N) is 4. The lowest BCUT2D eigenvalue weighted by atomic mass is 9.97. The van der Waals surface area contributed by atoms with E-state index in [1.54, 1.807) is 0 Å². The molecule has 1 aliphatic carbocycles. The van der Waals surface area contributed by atoms with Crippen LogP contribution in [-0.2, 0) is 17.8 Å². The summed E-state index contributed by atoms with van der Waals surface area (Å²) in [6.45, 7) is 3.70. The molecule has 31 heavy (non-hydrogen) atoms. The lowest BCUT2D eigenvalue weighted by Gasteiger charge is -2.34. The number of carbonyl (C=O) groups is 1. The van der Waals surface area contributed by atoms with Gasteiger partial charge < -0.3 is 9.42 Å².